The Morgan fingerprint density at radius 1 is 1.18 bits per heavy atom. The van der Waals surface area contributed by atoms with Crippen molar-refractivity contribution in [1.29, 1.82) is 0 Å². The van der Waals surface area contributed by atoms with Gasteiger partial charge in [-0.2, -0.15) is 0 Å². The number of carbonyl (C=O) groups is 3. The fourth-order valence-corrected chi connectivity index (χ4v) is 8.57. The Kier molecular flexibility index (Phi) is 3.81. The Morgan fingerprint density at radius 2 is 1.89 bits per heavy atom. The lowest BCUT2D eigenvalue weighted by Crippen LogP contribution is -2.52. The van der Waals surface area contributed by atoms with Gasteiger partial charge in [-0.1, -0.05) is 20.4 Å². The van der Waals surface area contributed by atoms with E-state index in [4.69, 9.17) is 0 Å². The van der Waals surface area contributed by atoms with Crippen molar-refractivity contribution >= 4 is 28.4 Å². The first-order chi connectivity index (χ1) is 13.1. The summed E-state index contributed by atoms with van der Waals surface area (Å²) in [5.41, 5.74) is 1.21. The Hall–Kier alpha value is -1.23. The first-order valence-corrected chi connectivity index (χ1v) is 11.3. The van der Waals surface area contributed by atoms with Crippen LogP contribution in [0.5, 0.6) is 0 Å². The third-order valence-electron chi connectivity index (χ3n) is 8.87. The molecule has 150 valence electrons. The van der Waals surface area contributed by atoms with Crippen LogP contribution in [0, 0.1) is 40.4 Å². The van der Waals surface area contributed by atoms with Crippen LogP contribution >= 0.6 is 11.8 Å². The van der Waals surface area contributed by atoms with Crippen LogP contribution in [0.4, 0.5) is 4.39 Å². The van der Waals surface area contributed by atoms with E-state index in [2.05, 4.69) is 13.5 Å². The van der Waals surface area contributed by atoms with E-state index in [1.165, 1.54) is 6.92 Å². The predicted molar refractivity (Wildman–Crippen MR) is 106 cm³/mol. The lowest BCUT2D eigenvalue weighted by Gasteiger charge is -2.57. The number of rotatable bonds is 1. The predicted octanol–water partition coefficient (Wildman–Crippen LogP) is 4.66. The summed E-state index contributed by atoms with van der Waals surface area (Å²) in [4.78, 5) is 38.0. The minimum atomic E-state index is -1.34. The van der Waals surface area contributed by atoms with Crippen molar-refractivity contribution in [3.8, 4) is 0 Å². The number of fused-ring (bicyclic) bond motifs is 7. The van der Waals surface area contributed by atoms with Gasteiger partial charge in [0, 0.05) is 23.7 Å². The molecule has 0 aromatic carbocycles. The fraction of sp³-hybridized carbons (Fsp3) is 0.696. The van der Waals surface area contributed by atoms with Crippen LogP contribution in [-0.4, -0.2) is 22.9 Å². The van der Waals surface area contributed by atoms with Crippen molar-refractivity contribution in [2.45, 2.75) is 59.0 Å². The maximum atomic E-state index is 14.4. The number of allylic oxidation sites excluding steroid dienone is 2. The van der Waals surface area contributed by atoms with E-state index in [0.717, 1.165) is 42.2 Å². The molecular weight excluding hydrogens is 375 g/mol. The monoisotopic (exact) mass is 402 g/mol. The lowest BCUT2D eigenvalue weighted by atomic mass is 9.46. The highest BCUT2D eigenvalue weighted by Crippen LogP contribution is 2.73. The average Bonchev–Trinajstić information content (AvgIpc) is 3.38. The zero-order valence-electron chi connectivity index (χ0n) is 16.7. The molecule has 4 fully saturated rings. The van der Waals surface area contributed by atoms with Crippen LogP contribution in [0.2, 0.25) is 0 Å². The maximum absolute atomic E-state index is 14.4. The Morgan fingerprint density at radius 3 is 2.57 bits per heavy atom. The van der Waals surface area contributed by atoms with Crippen molar-refractivity contribution in [2.24, 2.45) is 40.4 Å². The quantitative estimate of drug-likeness (QED) is 0.640. The molecule has 5 rings (SSSR count). The molecule has 8 atom stereocenters. The SMILES string of the molecule is C=C1C[C@H]2[C@@H]3C[C@H](F)C(=O)[C@@]3(C)CC[C@@H]2[C@]2(C)C1=C(SC(C)=O)C(=O)[C@H]1CC12. The molecule has 0 N–H and O–H groups in total. The molecule has 0 heterocycles. The standard InChI is InChI=1S/C23H27FO3S/c1-10-7-12-14(5-6-22(3)15(12)9-17(24)21(22)27)23(4)16-8-13(16)19(26)20(18(10)23)28-11(2)25/h12-17H,1,5-9H2,2-4H3/t12-,13+,14+,15+,16?,17+,22+,23+/m1/s1. The second kappa shape index (κ2) is 5.68. The highest BCUT2D eigenvalue weighted by atomic mass is 32.2. The molecule has 5 heteroatoms. The summed E-state index contributed by atoms with van der Waals surface area (Å²) in [5.74, 6) is 0.870. The molecule has 0 aromatic heterocycles. The van der Waals surface area contributed by atoms with Crippen LogP contribution in [0.3, 0.4) is 0 Å². The molecule has 0 radical (unpaired) electrons. The number of hydrogen-bond donors (Lipinski definition) is 0. The topological polar surface area (TPSA) is 51.2 Å². The van der Waals surface area contributed by atoms with Crippen molar-refractivity contribution in [1.82, 2.24) is 0 Å². The maximum Gasteiger partial charge on any atom is 0.190 e. The molecule has 0 aliphatic heterocycles. The van der Waals surface area contributed by atoms with Crippen LogP contribution in [0.15, 0.2) is 22.6 Å². The first-order valence-electron chi connectivity index (χ1n) is 10.4. The molecule has 4 saturated carbocycles. The molecule has 0 amide bonds. The highest BCUT2D eigenvalue weighted by molar-refractivity contribution is 8.17. The van der Waals surface area contributed by atoms with Gasteiger partial charge in [0.25, 0.3) is 0 Å². The van der Waals surface area contributed by atoms with Gasteiger partial charge >= 0.3 is 0 Å². The van der Waals surface area contributed by atoms with E-state index in [1.54, 1.807) is 0 Å². The summed E-state index contributed by atoms with van der Waals surface area (Å²) in [6.07, 6.45) is 2.21. The van der Waals surface area contributed by atoms with Crippen molar-refractivity contribution in [3.05, 3.63) is 22.6 Å². The van der Waals surface area contributed by atoms with E-state index in [9.17, 15) is 18.8 Å². The smallest absolute Gasteiger partial charge is 0.190 e. The molecule has 1 unspecified atom stereocenters. The van der Waals surface area contributed by atoms with Crippen molar-refractivity contribution in [3.63, 3.8) is 0 Å². The first kappa shape index (κ1) is 18.8. The summed E-state index contributed by atoms with van der Waals surface area (Å²) in [6.45, 7) is 10.1. The van der Waals surface area contributed by atoms with Crippen LogP contribution in [0.25, 0.3) is 0 Å². The number of ketones is 2. The summed E-state index contributed by atoms with van der Waals surface area (Å²) in [5, 5.41) is -0.0647. The number of carbonyl (C=O) groups excluding carboxylic acids is 3. The number of alkyl halides is 1. The minimum Gasteiger partial charge on any atom is -0.296 e. The molecule has 5 aliphatic rings. The van der Waals surface area contributed by atoms with Gasteiger partial charge in [-0.05, 0) is 78.7 Å². The van der Waals surface area contributed by atoms with Gasteiger partial charge in [0.15, 0.2) is 22.9 Å². The number of halogens is 1. The Balaban J connectivity index is 1.62. The van der Waals surface area contributed by atoms with Gasteiger partial charge in [-0.15, -0.1) is 0 Å². The molecule has 0 bridgehead atoms. The largest absolute Gasteiger partial charge is 0.296 e. The van der Waals surface area contributed by atoms with Gasteiger partial charge in [0.05, 0.1) is 4.91 Å². The van der Waals surface area contributed by atoms with Gasteiger partial charge < -0.3 is 0 Å². The zero-order valence-corrected chi connectivity index (χ0v) is 17.5. The molecule has 5 aliphatic carbocycles. The highest BCUT2D eigenvalue weighted by Gasteiger charge is 2.69. The molecule has 0 aromatic rings. The average molecular weight is 403 g/mol. The van der Waals surface area contributed by atoms with E-state index in [-0.39, 0.29) is 39.9 Å². The van der Waals surface area contributed by atoms with Gasteiger partial charge in [-0.25, -0.2) is 4.39 Å². The summed E-state index contributed by atoms with van der Waals surface area (Å²) in [7, 11) is 0. The van der Waals surface area contributed by atoms with Gasteiger partial charge in [-0.3, -0.25) is 14.4 Å². The van der Waals surface area contributed by atoms with E-state index in [1.807, 2.05) is 6.92 Å². The number of Topliss-reactive ketones (excluding diaryl/α,β-unsaturated/α-hetero) is 2. The van der Waals surface area contributed by atoms with Crippen molar-refractivity contribution < 1.29 is 18.8 Å². The fourth-order valence-electron chi connectivity index (χ4n) is 7.57. The summed E-state index contributed by atoms with van der Waals surface area (Å²) < 4.78 is 14.4. The third-order valence-corrected chi connectivity index (χ3v) is 9.77. The molecule has 0 spiro atoms. The van der Waals surface area contributed by atoms with Crippen LogP contribution in [0.1, 0.15) is 52.9 Å². The Bertz CT molecular complexity index is 875. The molecule has 28 heavy (non-hydrogen) atoms. The van der Waals surface area contributed by atoms with Gasteiger partial charge in [0.2, 0.25) is 0 Å². The van der Waals surface area contributed by atoms with Crippen molar-refractivity contribution in [2.75, 3.05) is 0 Å². The van der Waals surface area contributed by atoms with E-state index < -0.39 is 11.6 Å². The van der Waals surface area contributed by atoms with Crippen LogP contribution in [-0.2, 0) is 14.4 Å². The second-order valence-electron chi connectivity index (χ2n) is 10.1. The van der Waals surface area contributed by atoms with Gasteiger partial charge in [0.1, 0.15) is 0 Å². The molecule has 3 nitrogen and oxygen atoms in total. The molecule has 0 saturated heterocycles. The van der Waals surface area contributed by atoms with E-state index in [0.29, 0.717) is 29.6 Å². The number of hydrogen-bond acceptors (Lipinski definition) is 4. The summed E-state index contributed by atoms with van der Waals surface area (Å²) in [6, 6.07) is 0. The lowest BCUT2D eigenvalue weighted by molar-refractivity contribution is -0.135. The second-order valence-corrected chi connectivity index (χ2v) is 11.3. The van der Waals surface area contributed by atoms with Crippen LogP contribution < -0.4 is 0 Å². The summed E-state index contributed by atoms with van der Waals surface area (Å²) >= 11 is 1.08. The normalized spacial score (nSPS) is 49.4. The van der Waals surface area contributed by atoms with E-state index >= 15 is 0 Å². The zero-order chi connectivity index (χ0) is 20.2. The Labute approximate surface area is 169 Å². The third kappa shape index (κ3) is 2.15. The minimum absolute atomic E-state index is 0.0228. The number of thioether (sulfide) groups is 1. The molecular formula is C23H27FO3S.